The van der Waals surface area contributed by atoms with Gasteiger partial charge in [0.15, 0.2) is 0 Å². The van der Waals surface area contributed by atoms with Gasteiger partial charge >= 0.3 is 5.97 Å². The second-order valence-electron chi connectivity index (χ2n) is 6.37. The Bertz CT molecular complexity index is 546. The SMILES string of the molecule is COC(=O)C1C(NCc2ccc(F)c(C)c2)[C@@H]2CC[C@H]1C2. The standard InChI is InChI=1S/C17H22FNO2/c1-10-7-11(3-6-14(10)18)9-19-16-13-5-4-12(8-13)15(16)17(20)21-2/h3,6-7,12-13,15-16,19H,4-5,8-9H2,1-2H3/t12-,13+,15?,16?/m0/s1. The number of carbonyl (C=O) groups excluding carboxylic acids is 1. The zero-order valence-corrected chi connectivity index (χ0v) is 12.6. The fourth-order valence-electron chi connectivity index (χ4n) is 4.11. The second kappa shape index (κ2) is 5.76. The summed E-state index contributed by atoms with van der Waals surface area (Å²) in [6, 6.07) is 5.37. The van der Waals surface area contributed by atoms with Crippen molar-refractivity contribution in [3.63, 3.8) is 0 Å². The molecule has 0 aliphatic heterocycles. The van der Waals surface area contributed by atoms with Crippen molar-refractivity contribution in [3.8, 4) is 0 Å². The fourth-order valence-corrected chi connectivity index (χ4v) is 4.11. The maximum absolute atomic E-state index is 13.3. The highest BCUT2D eigenvalue weighted by Crippen LogP contribution is 2.49. The fraction of sp³-hybridized carbons (Fsp3) is 0.588. The van der Waals surface area contributed by atoms with E-state index in [-0.39, 0.29) is 23.7 Å². The molecule has 2 saturated carbocycles. The normalized spacial score (nSPS) is 30.6. The third-order valence-electron chi connectivity index (χ3n) is 5.15. The maximum atomic E-state index is 13.3. The van der Waals surface area contributed by atoms with E-state index in [1.54, 1.807) is 13.0 Å². The van der Waals surface area contributed by atoms with Gasteiger partial charge in [-0.1, -0.05) is 12.1 Å². The van der Waals surface area contributed by atoms with Crippen molar-refractivity contribution >= 4 is 5.97 Å². The van der Waals surface area contributed by atoms with Crippen molar-refractivity contribution in [2.75, 3.05) is 7.11 Å². The Morgan fingerprint density at radius 2 is 2.14 bits per heavy atom. The molecule has 1 aromatic rings. The van der Waals surface area contributed by atoms with Crippen LogP contribution in [-0.4, -0.2) is 19.1 Å². The van der Waals surface area contributed by atoms with Crippen molar-refractivity contribution in [2.24, 2.45) is 17.8 Å². The third-order valence-corrected chi connectivity index (χ3v) is 5.15. The van der Waals surface area contributed by atoms with Crippen LogP contribution in [0, 0.1) is 30.5 Å². The van der Waals surface area contributed by atoms with Gasteiger partial charge in [-0.2, -0.15) is 0 Å². The summed E-state index contributed by atoms with van der Waals surface area (Å²) >= 11 is 0. The minimum Gasteiger partial charge on any atom is -0.469 e. The number of carbonyl (C=O) groups is 1. The Morgan fingerprint density at radius 3 is 2.86 bits per heavy atom. The van der Waals surface area contributed by atoms with Crippen LogP contribution in [0.4, 0.5) is 4.39 Å². The molecule has 114 valence electrons. The van der Waals surface area contributed by atoms with Gasteiger partial charge < -0.3 is 10.1 Å². The number of rotatable bonds is 4. The van der Waals surface area contributed by atoms with Crippen molar-refractivity contribution in [1.29, 1.82) is 0 Å². The molecule has 0 aromatic heterocycles. The smallest absolute Gasteiger partial charge is 0.310 e. The van der Waals surface area contributed by atoms with Crippen LogP contribution in [0.1, 0.15) is 30.4 Å². The molecule has 2 aliphatic rings. The average Bonchev–Trinajstić information content (AvgIpc) is 3.08. The molecular formula is C17H22FNO2. The topological polar surface area (TPSA) is 38.3 Å². The average molecular weight is 291 g/mol. The van der Waals surface area contributed by atoms with Crippen molar-refractivity contribution in [2.45, 2.75) is 38.8 Å². The molecule has 0 heterocycles. The highest BCUT2D eigenvalue weighted by molar-refractivity contribution is 5.74. The molecule has 0 saturated heterocycles. The van der Waals surface area contributed by atoms with Crippen molar-refractivity contribution < 1.29 is 13.9 Å². The van der Waals surface area contributed by atoms with Gasteiger partial charge in [0.25, 0.3) is 0 Å². The summed E-state index contributed by atoms with van der Waals surface area (Å²) in [6.45, 7) is 2.44. The van der Waals surface area contributed by atoms with E-state index in [0.29, 0.717) is 23.9 Å². The zero-order valence-electron chi connectivity index (χ0n) is 12.6. The summed E-state index contributed by atoms with van der Waals surface area (Å²) in [5.41, 5.74) is 1.71. The lowest BCUT2D eigenvalue weighted by Gasteiger charge is -2.30. The summed E-state index contributed by atoms with van der Waals surface area (Å²) in [5.74, 6) is 0.756. The van der Waals surface area contributed by atoms with E-state index in [4.69, 9.17) is 4.74 Å². The predicted octanol–water partition coefficient (Wildman–Crippen LogP) is 2.81. The molecule has 2 fully saturated rings. The van der Waals surface area contributed by atoms with Gasteiger partial charge in [-0.15, -0.1) is 0 Å². The molecule has 0 radical (unpaired) electrons. The van der Waals surface area contributed by atoms with E-state index in [1.165, 1.54) is 19.6 Å². The maximum Gasteiger partial charge on any atom is 0.310 e. The van der Waals surface area contributed by atoms with Crippen LogP contribution in [0.5, 0.6) is 0 Å². The lowest BCUT2D eigenvalue weighted by molar-refractivity contribution is -0.148. The Kier molecular flexibility index (Phi) is 3.98. The van der Waals surface area contributed by atoms with E-state index in [1.807, 2.05) is 6.07 Å². The quantitative estimate of drug-likeness (QED) is 0.867. The van der Waals surface area contributed by atoms with Crippen LogP contribution < -0.4 is 5.32 Å². The van der Waals surface area contributed by atoms with Gasteiger partial charge in [0.2, 0.25) is 0 Å². The summed E-state index contributed by atoms with van der Waals surface area (Å²) in [6.07, 6.45) is 3.45. The number of benzene rings is 1. The number of ether oxygens (including phenoxy) is 1. The molecule has 21 heavy (non-hydrogen) atoms. The molecule has 0 amide bonds. The summed E-state index contributed by atoms with van der Waals surface area (Å²) < 4.78 is 18.3. The minimum atomic E-state index is -0.175. The first kappa shape index (κ1) is 14.5. The minimum absolute atomic E-state index is 0.0182. The van der Waals surface area contributed by atoms with Gasteiger partial charge in [0.05, 0.1) is 13.0 Å². The lowest BCUT2D eigenvalue weighted by atomic mass is 9.84. The largest absolute Gasteiger partial charge is 0.469 e. The molecule has 1 N–H and O–H groups in total. The predicted molar refractivity (Wildman–Crippen MR) is 78.1 cm³/mol. The Morgan fingerprint density at radius 1 is 1.38 bits per heavy atom. The molecule has 1 aromatic carbocycles. The second-order valence-corrected chi connectivity index (χ2v) is 6.37. The molecule has 2 unspecified atom stereocenters. The van der Waals surface area contributed by atoms with E-state index in [9.17, 15) is 9.18 Å². The third kappa shape index (κ3) is 2.69. The number of hydrogen-bond donors (Lipinski definition) is 1. The van der Waals surface area contributed by atoms with Crippen LogP contribution in [0.15, 0.2) is 18.2 Å². The van der Waals surface area contributed by atoms with E-state index in [2.05, 4.69) is 5.32 Å². The first-order valence-electron chi connectivity index (χ1n) is 7.66. The van der Waals surface area contributed by atoms with Crippen LogP contribution in [0.25, 0.3) is 0 Å². The number of methoxy groups -OCH3 is 1. The van der Waals surface area contributed by atoms with Gasteiger partial charge in [-0.3, -0.25) is 4.79 Å². The number of fused-ring (bicyclic) bond motifs is 2. The Hall–Kier alpha value is -1.42. The molecule has 4 heteroatoms. The Labute approximate surface area is 124 Å². The van der Waals surface area contributed by atoms with E-state index < -0.39 is 0 Å². The summed E-state index contributed by atoms with van der Waals surface area (Å²) in [5, 5.41) is 3.52. The number of aryl methyl sites for hydroxylation is 1. The number of esters is 1. The molecular weight excluding hydrogens is 269 g/mol. The van der Waals surface area contributed by atoms with Crippen LogP contribution in [0.2, 0.25) is 0 Å². The number of hydrogen-bond acceptors (Lipinski definition) is 3. The van der Waals surface area contributed by atoms with Gasteiger partial charge in [0.1, 0.15) is 5.82 Å². The van der Waals surface area contributed by atoms with E-state index in [0.717, 1.165) is 18.4 Å². The molecule has 2 aliphatic carbocycles. The summed E-state index contributed by atoms with van der Waals surface area (Å²) in [7, 11) is 1.47. The van der Waals surface area contributed by atoms with Crippen LogP contribution in [-0.2, 0) is 16.1 Å². The van der Waals surface area contributed by atoms with Gasteiger partial charge in [-0.25, -0.2) is 4.39 Å². The van der Waals surface area contributed by atoms with E-state index >= 15 is 0 Å². The molecule has 3 rings (SSSR count). The number of nitrogens with one attached hydrogen (secondary N) is 1. The molecule has 0 spiro atoms. The monoisotopic (exact) mass is 291 g/mol. The van der Waals surface area contributed by atoms with Crippen LogP contribution >= 0.6 is 0 Å². The molecule has 3 nitrogen and oxygen atoms in total. The van der Waals surface area contributed by atoms with Crippen LogP contribution in [0.3, 0.4) is 0 Å². The highest BCUT2D eigenvalue weighted by Gasteiger charge is 2.51. The zero-order chi connectivity index (χ0) is 15.0. The molecule has 2 bridgehead atoms. The summed E-state index contributed by atoms with van der Waals surface area (Å²) in [4.78, 5) is 12.0. The first-order chi connectivity index (χ1) is 10.1. The highest BCUT2D eigenvalue weighted by atomic mass is 19.1. The number of halogens is 1. The molecule has 4 atom stereocenters. The van der Waals surface area contributed by atoms with Crippen molar-refractivity contribution in [1.82, 2.24) is 5.32 Å². The first-order valence-corrected chi connectivity index (χ1v) is 7.66. The Balaban J connectivity index is 1.68. The van der Waals surface area contributed by atoms with Gasteiger partial charge in [0, 0.05) is 12.6 Å². The lowest BCUT2D eigenvalue weighted by Crippen LogP contribution is -2.44. The van der Waals surface area contributed by atoms with Crippen molar-refractivity contribution in [3.05, 3.63) is 35.1 Å². The van der Waals surface area contributed by atoms with Gasteiger partial charge in [-0.05, 0) is 55.2 Å².